The van der Waals surface area contributed by atoms with Gasteiger partial charge < -0.3 is 5.32 Å². The molecule has 98 valence electrons. The number of hydrogen-bond acceptors (Lipinski definition) is 3. The van der Waals surface area contributed by atoms with E-state index < -0.39 is 0 Å². The van der Waals surface area contributed by atoms with E-state index in [4.69, 9.17) is 0 Å². The summed E-state index contributed by atoms with van der Waals surface area (Å²) in [6.45, 7) is 0.371. The fraction of sp³-hybridized carbons (Fsp3) is 0.0625. The third-order valence-electron chi connectivity index (χ3n) is 3.08. The van der Waals surface area contributed by atoms with Crippen LogP contribution >= 0.6 is 0 Å². The van der Waals surface area contributed by atoms with Crippen LogP contribution in [0.15, 0.2) is 61.1 Å². The summed E-state index contributed by atoms with van der Waals surface area (Å²) in [5.41, 5.74) is 1.41. The van der Waals surface area contributed by atoms with Crippen molar-refractivity contribution < 1.29 is 4.79 Å². The zero-order valence-electron chi connectivity index (χ0n) is 10.8. The lowest BCUT2D eigenvalue weighted by atomic mass is 10.0. The second-order valence-corrected chi connectivity index (χ2v) is 4.41. The van der Waals surface area contributed by atoms with E-state index in [2.05, 4.69) is 15.3 Å². The van der Waals surface area contributed by atoms with Gasteiger partial charge in [-0.05, 0) is 16.8 Å². The summed E-state index contributed by atoms with van der Waals surface area (Å²) in [6.07, 6.45) is 4.86. The molecule has 4 nitrogen and oxygen atoms in total. The van der Waals surface area contributed by atoms with E-state index in [9.17, 15) is 4.79 Å². The Morgan fingerprint density at radius 1 is 1.05 bits per heavy atom. The van der Waals surface area contributed by atoms with E-state index in [1.54, 1.807) is 18.6 Å². The summed E-state index contributed by atoms with van der Waals surface area (Å²) in [7, 11) is 0. The Morgan fingerprint density at radius 3 is 2.75 bits per heavy atom. The lowest BCUT2D eigenvalue weighted by Crippen LogP contribution is -2.23. The molecule has 1 heterocycles. The number of carbonyl (C=O) groups is 1. The van der Waals surface area contributed by atoms with E-state index in [0.29, 0.717) is 12.1 Å². The van der Waals surface area contributed by atoms with Crippen LogP contribution in [0, 0.1) is 0 Å². The maximum atomic E-state index is 12.3. The minimum atomic E-state index is -0.104. The van der Waals surface area contributed by atoms with Gasteiger partial charge >= 0.3 is 0 Å². The topological polar surface area (TPSA) is 54.9 Å². The van der Waals surface area contributed by atoms with Crippen LogP contribution in [0.1, 0.15) is 16.1 Å². The molecule has 0 bridgehead atoms. The molecule has 3 rings (SSSR count). The van der Waals surface area contributed by atoms with E-state index in [1.807, 2.05) is 42.5 Å². The van der Waals surface area contributed by atoms with Crippen molar-refractivity contribution in [3.05, 3.63) is 72.3 Å². The third-order valence-corrected chi connectivity index (χ3v) is 3.08. The summed E-state index contributed by atoms with van der Waals surface area (Å²) in [4.78, 5) is 20.4. The molecular formula is C16H13N3O. The molecule has 3 aromatic rings. The number of hydrogen-bond donors (Lipinski definition) is 1. The highest BCUT2D eigenvalue weighted by Gasteiger charge is 2.09. The lowest BCUT2D eigenvalue weighted by Gasteiger charge is -2.07. The first-order valence-corrected chi connectivity index (χ1v) is 6.35. The van der Waals surface area contributed by atoms with Gasteiger partial charge in [0.05, 0.1) is 18.4 Å². The van der Waals surface area contributed by atoms with E-state index in [0.717, 1.165) is 16.5 Å². The number of amides is 1. The normalized spacial score (nSPS) is 10.4. The van der Waals surface area contributed by atoms with Crippen molar-refractivity contribution in [3.8, 4) is 0 Å². The number of rotatable bonds is 3. The monoisotopic (exact) mass is 263 g/mol. The molecule has 0 saturated carbocycles. The SMILES string of the molecule is O=C(NCc1cnccn1)c1cccc2ccccc12. The van der Waals surface area contributed by atoms with Crippen molar-refractivity contribution >= 4 is 16.7 Å². The fourth-order valence-electron chi connectivity index (χ4n) is 2.11. The van der Waals surface area contributed by atoms with Crippen molar-refractivity contribution in [3.63, 3.8) is 0 Å². The van der Waals surface area contributed by atoms with Crippen molar-refractivity contribution in [2.45, 2.75) is 6.54 Å². The Morgan fingerprint density at radius 2 is 1.90 bits per heavy atom. The molecule has 2 aromatic carbocycles. The quantitative estimate of drug-likeness (QED) is 0.790. The van der Waals surface area contributed by atoms with Crippen molar-refractivity contribution in [2.24, 2.45) is 0 Å². The molecule has 0 radical (unpaired) electrons. The maximum absolute atomic E-state index is 12.3. The summed E-state index contributed by atoms with van der Waals surface area (Å²) >= 11 is 0. The largest absolute Gasteiger partial charge is 0.346 e. The zero-order valence-corrected chi connectivity index (χ0v) is 10.8. The third kappa shape index (κ3) is 2.49. The highest BCUT2D eigenvalue weighted by molar-refractivity contribution is 6.06. The average molecular weight is 263 g/mol. The van der Waals surface area contributed by atoms with E-state index >= 15 is 0 Å². The zero-order chi connectivity index (χ0) is 13.8. The fourth-order valence-corrected chi connectivity index (χ4v) is 2.11. The highest BCUT2D eigenvalue weighted by Crippen LogP contribution is 2.18. The molecule has 0 atom stereocenters. The minimum Gasteiger partial charge on any atom is -0.346 e. The Hall–Kier alpha value is -2.75. The van der Waals surface area contributed by atoms with Gasteiger partial charge in [-0.25, -0.2) is 0 Å². The Labute approximate surface area is 116 Å². The highest BCUT2D eigenvalue weighted by atomic mass is 16.1. The minimum absolute atomic E-state index is 0.104. The number of aromatic nitrogens is 2. The molecule has 0 saturated heterocycles. The van der Waals surface area contributed by atoms with Crippen molar-refractivity contribution in [1.82, 2.24) is 15.3 Å². The standard InChI is InChI=1S/C16H13N3O/c20-16(19-11-13-10-17-8-9-18-13)15-7-3-5-12-4-1-2-6-14(12)15/h1-10H,11H2,(H,19,20). The molecular weight excluding hydrogens is 250 g/mol. The predicted molar refractivity (Wildman–Crippen MR) is 77.2 cm³/mol. The first kappa shape index (κ1) is 12.3. The summed E-state index contributed by atoms with van der Waals surface area (Å²) < 4.78 is 0. The number of nitrogens with zero attached hydrogens (tertiary/aromatic N) is 2. The molecule has 1 amide bonds. The van der Waals surface area contributed by atoms with Gasteiger partial charge in [-0.1, -0.05) is 36.4 Å². The van der Waals surface area contributed by atoms with Gasteiger partial charge in [0, 0.05) is 18.0 Å². The van der Waals surface area contributed by atoms with E-state index in [1.165, 1.54) is 0 Å². The number of carbonyl (C=O) groups excluding carboxylic acids is 1. The first-order valence-electron chi connectivity index (χ1n) is 6.35. The average Bonchev–Trinajstić information content (AvgIpc) is 2.53. The molecule has 0 fully saturated rings. The Balaban J connectivity index is 1.82. The van der Waals surface area contributed by atoms with Crippen LogP contribution in [0.4, 0.5) is 0 Å². The second-order valence-electron chi connectivity index (χ2n) is 4.41. The van der Waals surface area contributed by atoms with Crippen LogP contribution in [0.5, 0.6) is 0 Å². The first-order chi connectivity index (χ1) is 9.84. The van der Waals surface area contributed by atoms with Gasteiger partial charge in [-0.15, -0.1) is 0 Å². The van der Waals surface area contributed by atoms with Crippen molar-refractivity contribution in [1.29, 1.82) is 0 Å². The lowest BCUT2D eigenvalue weighted by molar-refractivity contribution is 0.0952. The molecule has 1 aromatic heterocycles. The Bertz CT molecular complexity index is 736. The molecule has 1 N–H and O–H groups in total. The summed E-state index contributed by atoms with van der Waals surface area (Å²) in [6, 6.07) is 13.6. The number of fused-ring (bicyclic) bond motifs is 1. The molecule has 0 aliphatic carbocycles. The molecule has 0 aliphatic rings. The van der Waals surface area contributed by atoms with Gasteiger partial charge in [-0.3, -0.25) is 14.8 Å². The number of nitrogens with one attached hydrogen (secondary N) is 1. The van der Waals surface area contributed by atoms with Gasteiger partial charge in [0.15, 0.2) is 0 Å². The number of benzene rings is 2. The Kier molecular flexibility index (Phi) is 3.37. The smallest absolute Gasteiger partial charge is 0.252 e. The van der Waals surface area contributed by atoms with Gasteiger partial charge in [0.2, 0.25) is 0 Å². The van der Waals surface area contributed by atoms with Crippen LogP contribution < -0.4 is 5.32 Å². The van der Waals surface area contributed by atoms with Crippen LogP contribution in [0.2, 0.25) is 0 Å². The predicted octanol–water partition coefficient (Wildman–Crippen LogP) is 2.56. The van der Waals surface area contributed by atoms with Gasteiger partial charge in [0.1, 0.15) is 0 Å². The van der Waals surface area contributed by atoms with Crippen LogP contribution in [-0.4, -0.2) is 15.9 Å². The second kappa shape index (κ2) is 5.48. The molecule has 4 heteroatoms. The van der Waals surface area contributed by atoms with Crippen molar-refractivity contribution in [2.75, 3.05) is 0 Å². The van der Waals surface area contributed by atoms with E-state index in [-0.39, 0.29) is 5.91 Å². The van der Waals surface area contributed by atoms with Crippen LogP contribution in [0.3, 0.4) is 0 Å². The summed E-state index contributed by atoms with van der Waals surface area (Å²) in [5.74, 6) is -0.104. The molecule has 20 heavy (non-hydrogen) atoms. The van der Waals surface area contributed by atoms with Gasteiger partial charge in [-0.2, -0.15) is 0 Å². The molecule has 0 unspecified atom stereocenters. The summed E-state index contributed by atoms with van der Waals surface area (Å²) in [5, 5.41) is 4.87. The van der Waals surface area contributed by atoms with Crippen LogP contribution in [-0.2, 0) is 6.54 Å². The maximum Gasteiger partial charge on any atom is 0.252 e. The molecule has 0 aliphatic heterocycles. The van der Waals surface area contributed by atoms with Gasteiger partial charge in [0.25, 0.3) is 5.91 Å². The molecule has 0 spiro atoms. The van der Waals surface area contributed by atoms with Crippen LogP contribution in [0.25, 0.3) is 10.8 Å².